The van der Waals surface area contributed by atoms with Crippen LogP contribution in [0.25, 0.3) is 0 Å². The topological polar surface area (TPSA) is 0 Å². The van der Waals surface area contributed by atoms with Gasteiger partial charge in [-0.3, -0.25) is 0 Å². The summed E-state index contributed by atoms with van der Waals surface area (Å²) in [6.07, 6.45) is 6.23. The molecular formula is C12H15ISe. The van der Waals surface area contributed by atoms with Crippen molar-refractivity contribution in [3.63, 3.8) is 0 Å². The zero-order chi connectivity index (χ0) is 10.2. The standard InChI is InChI=1S/C12H15ISe/c1-2-3-5-10-12(13)14-11-8-6-4-7-9-11/h4,6-10H,2-3,5H2,1H3/b12-10-. The van der Waals surface area contributed by atoms with Gasteiger partial charge in [0.25, 0.3) is 0 Å². The Bertz CT molecular complexity index is 280. The summed E-state index contributed by atoms with van der Waals surface area (Å²) < 4.78 is 2.99. The Hall–Kier alpha value is 0.209. The molecule has 76 valence electrons. The van der Waals surface area contributed by atoms with Gasteiger partial charge in [-0.05, 0) is 0 Å². The van der Waals surface area contributed by atoms with Crippen LogP contribution in [0.1, 0.15) is 26.2 Å². The third-order valence-electron chi connectivity index (χ3n) is 1.82. The fourth-order valence-corrected chi connectivity index (χ4v) is 4.20. The summed E-state index contributed by atoms with van der Waals surface area (Å²) in [6, 6.07) is 10.7. The van der Waals surface area contributed by atoms with Gasteiger partial charge in [0.1, 0.15) is 0 Å². The molecule has 0 saturated heterocycles. The molecule has 0 radical (unpaired) electrons. The van der Waals surface area contributed by atoms with Gasteiger partial charge < -0.3 is 0 Å². The van der Waals surface area contributed by atoms with Crippen molar-refractivity contribution >= 4 is 42.0 Å². The van der Waals surface area contributed by atoms with E-state index in [-0.39, 0.29) is 0 Å². The van der Waals surface area contributed by atoms with Crippen LogP contribution in [0.5, 0.6) is 0 Å². The quantitative estimate of drug-likeness (QED) is 0.426. The zero-order valence-corrected chi connectivity index (χ0v) is 12.2. The molecule has 0 amide bonds. The molecule has 0 bridgehead atoms. The van der Waals surface area contributed by atoms with Crippen LogP contribution in [-0.2, 0) is 0 Å². The minimum absolute atomic E-state index is 0.523. The predicted octanol–water partition coefficient (Wildman–Crippen LogP) is 3.48. The van der Waals surface area contributed by atoms with Gasteiger partial charge in [-0.2, -0.15) is 0 Å². The van der Waals surface area contributed by atoms with Crippen LogP contribution in [0.15, 0.2) is 38.9 Å². The van der Waals surface area contributed by atoms with E-state index in [1.807, 2.05) is 0 Å². The number of halogens is 1. The Morgan fingerprint density at radius 2 is 2.07 bits per heavy atom. The normalized spacial score (nSPS) is 11.7. The van der Waals surface area contributed by atoms with Crippen LogP contribution in [0.2, 0.25) is 0 Å². The third-order valence-corrected chi connectivity index (χ3v) is 5.23. The van der Waals surface area contributed by atoms with Crippen LogP contribution in [0.3, 0.4) is 0 Å². The van der Waals surface area contributed by atoms with Crippen molar-refractivity contribution in [3.8, 4) is 0 Å². The van der Waals surface area contributed by atoms with E-state index < -0.39 is 0 Å². The van der Waals surface area contributed by atoms with Gasteiger partial charge in [0.05, 0.1) is 0 Å². The first-order chi connectivity index (χ1) is 6.83. The summed E-state index contributed by atoms with van der Waals surface area (Å²) in [5, 5.41) is 0. The number of allylic oxidation sites excluding steroid dienone is 1. The van der Waals surface area contributed by atoms with Crippen LogP contribution in [0.4, 0.5) is 0 Å². The molecule has 1 aromatic rings. The van der Waals surface area contributed by atoms with Gasteiger partial charge in [-0.25, -0.2) is 0 Å². The summed E-state index contributed by atoms with van der Waals surface area (Å²) in [6.45, 7) is 2.24. The number of hydrogen-bond acceptors (Lipinski definition) is 0. The van der Waals surface area contributed by atoms with Crippen molar-refractivity contribution in [1.29, 1.82) is 0 Å². The molecular weight excluding hydrogens is 350 g/mol. The van der Waals surface area contributed by atoms with E-state index in [4.69, 9.17) is 0 Å². The fourth-order valence-electron chi connectivity index (χ4n) is 1.06. The number of rotatable bonds is 5. The maximum absolute atomic E-state index is 2.47. The fraction of sp³-hybridized carbons (Fsp3) is 0.333. The van der Waals surface area contributed by atoms with Gasteiger partial charge in [-0.1, -0.05) is 0 Å². The molecule has 0 aliphatic carbocycles. The summed E-state index contributed by atoms with van der Waals surface area (Å²) in [4.78, 5) is 0. The van der Waals surface area contributed by atoms with Crippen LogP contribution >= 0.6 is 22.6 Å². The van der Waals surface area contributed by atoms with Crippen molar-refractivity contribution < 1.29 is 0 Å². The summed E-state index contributed by atoms with van der Waals surface area (Å²) in [5.41, 5.74) is 0. The number of unbranched alkanes of at least 4 members (excludes halogenated alkanes) is 2. The van der Waals surface area contributed by atoms with Crippen molar-refractivity contribution in [2.75, 3.05) is 0 Å². The first-order valence-corrected chi connectivity index (χ1v) is 7.70. The van der Waals surface area contributed by atoms with Crippen LogP contribution < -0.4 is 4.46 Å². The van der Waals surface area contributed by atoms with Crippen molar-refractivity contribution in [2.45, 2.75) is 26.2 Å². The maximum atomic E-state index is 2.47. The van der Waals surface area contributed by atoms with E-state index in [1.165, 1.54) is 26.2 Å². The molecule has 0 N–H and O–H groups in total. The zero-order valence-electron chi connectivity index (χ0n) is 8.37. The van der Waals surface area contributed by atoms with Gasteiger partial charge in [0, 0.05) is 0 Å². The Balaban J connectivity index is 2.40. The van der Waals surface area contributed by atoms with E-state index in [2.05, 4.69) is 65.9 Å². The molecule has 0 atom stereocenters. The second-order valence-electron chi connectivity index (χ2n) is 3.07. The predicted molar refractivity (Wildman–Crippen MR) is 73.5 cm³/mol. The minimum atomic E-state index is 0.523. The van der Waals surface area contributed by atoms with Gasteiger partial charge >= 0.3 is 107 Å². The van der Waals surface area contributed by atoms with E-state index in [1.54, 1.807) is 0 Å². The summed E-state index contributed by atoms with van der Waals surface area (Å²) in [5.74, 6) is 0. The van der Waals surface area contributed by atoms with E-state index in [0.29, 0.717) is 15.0 Å². The van der Waals surface area contributed by atoms with Crippen LogP contribution in [0, 0.1) is 0 Å². The molecule has 0 unspecified atom stereocenters. The van der Waals surface area contributed by atoms with Gasteiger partial charge in [0.2, 0.25) is 0 Å². The molecule has 0 fully saturated rings. The molecule has 0 nitrogen and oxygen atoms in total. The number of hydrogen-bond donors (Lipinski definition) is 0. The van der Waals surface area contributed by atoms with E-state index in [0.717, 1.165) is 0 Å². The molecule has 0 aliphatic heterocycles. The van der Waals surface area contributed by atoms with Crippen molar-refractivity contribution in [2.24, 2.45) is 0 Å². The SMILES string of the molecule is CCCC/C=C(/I)[Se]c1ccccc1. The first kappa shape index (κ1) is 12.3. The van der Waals surface area contributed by atoms with Gasteiger partial charge in [-0.15, -0.1) is 0 Å². The van der Waals surface area contributed by atoms with Crippen molar-refractivity contribution in [3.05, 3.63) is 38.9 Å². The molecule has 0 aromatic heterocycles. The average Bonchev–Trinajstić information content (AvgIpc) is 2.20. The Morgan fingerprint density at radius 3 is 2.71 bits per heavy atom. The van der Waals surface area contributed by atoms with Crippen LogP contribution in [-0.4, -0.2) is 15.0 Å². The Labute approximate surface area is 106 Å². The van der Waals surface area contributed by atoms with E-state index in [9.17, 15) is 0 Å². The molecule has 0 aliphatic rings. The second kappa shape index (κ2) is 7.49. The summed E-state index contributed by atoms with van der Waals surface area (Å²) >= 11 is 3.00. The van der Waals surface area contributed by atoms with E-state index >= 15 is 0 Å². The Kier molecular flexibility index (Phi) is 6.57. The first-order valence-electron chi connectivity index (χ1n) is 4.91. The van der Waals surface area contributed by atoms with Gasteiger partial charge in [0.15, 0.2) is 0 Å². The third kappa shape index (κ3) is 5.18. The molecule has 0 saturated carbocycles. The molecule has 1 rings (SSSR count). The second-order valence-corrected chi connectivity index (χ2v) is 8.21. The Morgan fingerprint density at radius 1 is 1.36 bits per heavy atom. The molecule has 0 heterocycles. The molecule has 14 heavy (non-hydrogen) atoms. The summed E-state index contributed by atoms with van der Waals surface area (Å²) in [7, 11) is 0. The monoisotopic (exact) mass is 366 g/mol. The molecule has 2 heteroatoms. The molecule has 1 aromatic carbocycles. The van der Waals surface area contributed by atoms with Crippen molar-refractivity contribution in [1.82, 2.24) is 0 Å². The average molecular weight is 365 g/mol. The number of benzene rings is 1. The molecule has 0 spiro atoms.